The van der Waals surface area contributed by atoms with E-state index in [2.05, 4.69) is 46.9 Å². The molecule has 0 aromatic heterocycles. The summed E-state index contributed by atoms with van der Waals surface area (Å²) < 4.78 is 1.16. The largest absolute Gasteiger partial charge is 0.282 e. The molecule has 0 aliphatic carbocycles. The normalized spacial score (nSPS) is 10.4. The van der Waals surface area contributed by atoms with Crippen molar-refractivity contribution >= 4 is 39.5 Å². The number of halogens is 1. The molecule has 2 aromatic carbocycles. The summed E-state index contributed by atoms with van der Waals surface area (Å²) in [5, 5.41) is 0.171. The number of rotatable bonds is 5. The molecular weight excluding hydrogens is 367 g/mol. The van der Waals surface area contributed by atoms with Crippen LogP contribution in [-0.2, 0) is 6.42 Å². The number of carbonyl (C=O) groups is 1. The average Bonchev–Trinajstić information content (AvgIpc) is 2.45. The molecule has 3 heteroatoms. The Kier molecular flexibility index (Phi) is 5.92. The van der Waals surface area contributed by atoms with Crippen LogP contribution in [-0.4, -0.2) is 10.9 Å². The maximum absolute atomic E-state index is 11.9. The van der Waals surface area contributed by atoms with Gasteiger partial charge in [0.25, 0.3) is 0 Å². The summed E-state index contributed by atoms with van der Waals surface area (Å²) >= 11 is 3.66. The van der Waals surface area contributed by atoms with Gasteiger partial charge in [-0.25, -0.2) is 0 Å². The Balaban J connectivity index is 1.74. The molecule has 1 nitrogen and oxygen atoms in total. The van der Waals surface area contributed by atoms with E-state index < -0.39 is 0 Å². The number of hydrogen-bond donors (Lipinski definition) is 0. The van der Waals surface area contributed by atoms with Gasteiger partial charge in [-0.2, -0.15) is 0 Å². The van der Waals surface area contributed by atoms with Crippen LogP contribution in [0.4, 0.5) is 0 Å². The van der Waals surface area contributed by atoms with E-state index in [0.29, 0.717) is 0 Å². The van der Waals surface area contributed by atoms with Gasteiger partial charge in [0.1, 0.15) is 0 Å². The molecule has 0 saturated heterocycles. The topological polar surface area (TPSA) is 17.1 Å². The van der Waals surface area contributed by atoms with Crippen LogP contribution in [0.25, 0.3) is 0 Å². The molecule has 0 amide bonds. The first-order valence-electron chi connectivity index (χ1n) is 6.22. The molecule has 0 heterocycles. The third-order valence-electron chi connectivity index (χ3n) is 2.77. The van der Waals surface area contributed by atoms with Crippen LogP contribution in [0.1, 0.15) is 22.3 Å². The predicted octanol–water partition coefficient (Wildman–Crippen LogP) is 4.80. The Labute approximate surface area is 131 Å². The van der Waals surface area contributed by atoms with E-state index in [0.717, 1.165) is 27.7 Å². The summed E-state index contributed by atoms with van der Waals surface area (Å²) in [5.74, 6) is 0.875. The summed E-state index contributed by atoms with van der Waals surface area (Å²) in [6.45, 7) is 0. The first-order chi connectivity index (χ1) is 9.25. The van der Waals surface area contributed by atoms with Gasteiger partial charge in [-0.1, -0.05) is 42.1 Å². The standard InChI is InChI=1S/C16H15IOS/c17-15-10-8-14(9-11-15)16(18)19-12-4-7-13-5-2-1-3-6-13/h1-3,5-6,8-11H,4,7,12H2. The molecule has 19 heavy (non-hydrogen) atoms. The SMILES string of the molecule is O=C(SCCCc1ccccc1)c1ccc(I)cc1. The lowest BCUT2D eigenvalue weighted by Gasteiger charge is -2.02. The molecule has 0 radical (unpaired) electrons. The van der Waals surface area contributed by atoms with E-state index in [9.17, 15) is 4.79 Å². The summed E-state index contributed by atoms with van der Waals surface area (Å²) in [4.78, 5) is 11.9. The molecule has 0 spiro atoms. The Bertz CT molecular complexity index is 522. The maximum Gasteiger partial charge on any atom is 0.219 e. The van der Waals surface area contributed by atoms with E-state index in [1.807, 2.05) is 30.3 Å². The molecule has 0 aliphatic rings. The number of carbonyl (C=O) groups excluding carboxylic acids is 1. The van der Waals surface area contributed by atoms with Crippen molar-refractivity contribution in [1.29, 1.82) is 0 Å². The van der Waals surface area contributed by atoms with Crippen molar-refractivity contribution in [3.05, 3.63) is 69.3 Å². The Morgan fingerprint density at radius 1 is 1.00 bits per heavy atom. The quantitative estimate of drug-likeness (QED) is 0.546. The van der Waals surface area contributed by atoms with Crippen LogP contribution in [0, 0.1) is 3.57 Å². The van der Waals surface area contributed by atoms with E-state index in [1.165, 1.54) is 17.3 Å². The highest BCUT2D eigenvalue weighted by molar-refractivity contribution is 14.1. The van der Waals surface area contributed by atoms with Gasteiger partial charge < -0.3 is 0 Å². The van der Waals surface area contributed by atoms with Crippen LogP contribution >= 0.6 is 34.4 Å². The lowest BCUT2D eigenvalue weighted by atomic mass is 10.1. The molecular formula is C16H15IOS. The molecule has 0 unspecified atom stereocenters. The predicted molar refractivity (Wildman–Crippen MR) is 90.7 cm³/mol. The highest BCUT2D eigenvalue weighted by Gasteiger charge is 2.05. The minimum Gasteiger partial charge on any atom is -0.282 e. The van der Waals surface area contributed by atoms with Crippen LogP contribution in [0.15, 0.2) is 54.6 Å². The zero-order valence-corrected chi connectivity index (χ0v) is 13.5. The number of hydrogen-bond acceptors (Lipinski definition) is 2. The fraction of sp³-hybridized carbons (Fsp3) is 0.188. The fourth-order valence-corrected chi connectivity index (χ4v) is 2.89. The fourth-order valence-electron chi connectivity index (χ4n) is 1.76. The van der Waals surface area contributed by atoms with Gasteiger partial charge in [-0.05, 0) is 65.3 Å². The highest BCUT2D eigenvalue weighted by atomic mass is 127. The molecule has 2 rings (SSSR count). The van der Waals surface area contributed by atoms with Gasteiger partial charge in [-0.3, -0.25) is 4.79 Å². The molecule has 0 aliphatic heterocycles. The van der Waals surface area contributed by atoms with Crippen molar-refractivity contribution in [3.8, 4) is 0 Å². The van der Waals surface area contributed by atoms with Crippen LogP contribution in [0.3, 0.4) is 0 Å². The van der Waals surface area contributed by atoms with E-state index in [4.69, 9.17) is 0 Å². The minimum absolute atomic E-state index is 0.171. The van der Waals surface area contributed by atoms with Crippen molar-refractivity contribution in [1.82, 2.24) is 0 Å². The summed E-state index contributed by atoms with van der Waals surface area (Å²) in [5.41, 5.74) is 2.13. The van der Waals surface area contributed by atoms with E-state index in [-0.39, 0.29) is 5.12 Å². The van der Waals surface area contributed by atoms with Crippen LogP contribution in [0.2, 0.25) is 0 Å². The Morgan fingerprint density at radius 2 is 1.68 bits per heavy atom. The van der Waals surface area contributed by atoms with Crippen LogP contribution in [0.5, 0.6) is 0 Å². The van der Waals surface area contributed by atoms with Gasteiger partial charge in [-0.15, -0.1) is 0 Å². The second kappa shape index (κ2) is 7.70. The lowest BCUT2D eigenvalue weighted by molar-refractivity contribution is 0.108. The third-order valence-corrected chi connectivity index (χ3v) is 4.48. The zero-order chi connectivity index (χ0) is 13.5. The molecule has 0 saturated carbocycles. The van der Waals surface area contributed by atoms with E-state index in [1.54, 1.807) is 0 Å². The van der Waals surface area contributed by atoms with Gasteiger partial charge in [0, 0.05) is 14.9 Å². The van der Waals surface area contributed by atoms with Gasteiger partial charge in [0.2, 0.25) is 5.12 Å². The first-order valence-corrected chi connectivity index (χ1v) is 8.29. The van der Waals surface area contributed by atoms with Crippen molar-refractivity contribution in [2.24, 2.45) is 0 Å². The summed E-state index contributed by atoms with van der Waals surface area (Å²) in [6.07, 6.45) is 2.07. The molecule has 2 aromatic rings. The minimum atomic E-state index is 0.171. The third kappa shape index (κ3) is 4.99. The Hall–Kier alpha value is -0.810. The molecule has 0 N–H and O–H groups in total. The summed E-state index contributed by atoms with van der Waals surface area (Å²) in [7, 11) is 0. The van der Waals surface area contributed by atoms with Crippen molar-refractivity contribution in [3.63, 3.8) is 0 Å². The smallest absolute Gasteiger partial charge is 0.219 e. The monoisotopic (exact) mass is 382 g/mol. The van der Waals surface area contributed by atoms with Crippen molar-refractivity contribution in [2.45, 2.75) is 12.8 Å². The van der Waals surface area contributed by atoms with Crippen molar-refractivity contribution < 1.29 is 4.79 Å². The summed E-state index contributed by atoms with van der Waals surface area (Å²) in [6, 6.07) is 18.1. The van der Waals surface area contributed by atoms with Crippen molar-refractivity contribution in [2.75, 3.05) is 5.75 Å². The Morgan fingerprint density at radius 3 is 2.37 bits per heavy atom. The average molecular weight is 382 g/mol. The second-order valence-corrected chi connectivity index (χ2v) is 6.55. The van der Waals surface area contributed by atoms with Crippen LogP contribution < -0.4 is 0 Å². The molecule has 98 valence electrons. The molecule has 0 fully saturated rings. The maximum atomic E-state index is 11.9. The lowest BCUT2D eigenvalue weighted by Crippen LogP contribution is -1.96. The van der Waals surface area contributed by atoms with Gasteiger partial charge >= 0.3 is 0 Å². The van der Waals surface area contributed by atoms with E-state index >= 15 is 0 Å². The number of aryl methyl sites for hydroxylation is 1. The first kappa shape index (κ1) is 14.6. The van der Waals surface area contributed by atoms with Gasteiger partial charge in [0.05, 0.1) is 0 Å². The van der Waals surface area contributed by atoms with Gasteiger partial charge in [0.15, 0.2) is 0 Å². The highest BCUT2D eigenvalue weighted by Crippen LogP contribution is 2.16. The number of thioether (sulfide) groups is 1. The molecule has 0 atom stereocenters. The zero-order valence-electron chi connectivity index (χ0n) is 10.5. The number of benzene rings is 2. The molecule has 0 bridgehead atoms. The second-order valence-electron chi connectivity index (χ2n) is 4.23.